The van der Waals surface area contributed by atoms with Crippen LogP contribution in [0.2, 0.25) is 0 Å². The summed E-state index contributed by atoms with van der Waals surface area (Å²) in [5, 5.41) is 9.00. The van der Waals surface area contributed by atoms with E-state index in [9.17, 15) is 0 Å². The average molecular weight is 339 g/mol. The number of thiophene rings is 1. The fourth-order valence-corrected chi connectivity index (χ4v) is 3.41. The van der Waals surface area contributed by atoms with E-state index in [1.54, 1.807) is 0 Å². The van der Waals surface area contributed by atoms with E-state index in [2.05, 4.69) is 58.8 Å². The zero-order valence-electron chi connectivity index (χ0n) is 15.3. The average Bonchev–Trinajstić information content (AvgIpc) is 3.06. The Morgan fingerprint density at radius 3 is 2.65 bits per heavy atom. The Bertz CT molecular complexity index is 413. The van der Waals surface area contributed by atoms with Crippen LogP contribution in [0, 0.1) is 5.92 Å². The van der Waals surface area contributed by atoms with E-state index < -0.39 is 0 Å². The lowest BCUT2D eigenvalue weighted by atomic mass is 10.1. The summed E-state index contributed by atoms with van der Waals surface area (Å²) in [6, 6.07) is 4.34. The van der Waals surface area contributed by atoms with Crippen LogP contribution in [0.4, 0.5) is 0 Å². The monoisotopic (exact) mass is 338 g/mol. The summed E-state index contributed by atoms with van der Waals surface area (Å²) >= 11 is 1.84. The van der Waals surface area contributed by atoms with Gasteiger partial charge in [-0.05, 0) is 56.3 Å². The smallest absolute Gasteiger partial charge is 0.190 e. The Kier molecular flexibility index (Phi) is 10.7. The molecule has 0 aliphatic rings. The molecule has 0 fully saturated rings. The van der Waals surface area contributed by atoms with Gasteiger partial charge in [-0.25, -0.2) is 0 Å². The molecule has 0 saturated heterocycles. The third-order valence-corrected chi connectivity index (χ3v) is 4.96. The standard InChI is InChI=1S/C18H34N4S/c1-5-22(6-2)12-8-7-11-20-18(19-4)21-15-16(3)14-17-10-9-13-23-17/h9-10,13,16H,5-8,11-12,14-15H2,1-4H3,(H2,19,20,21). The number of guanidine groups is 1. The van der Waals surface area contributed by atoms with Gasteiger partial charge in [-0.3, -0.25) is 4.99 Å². The lowest BCUT2D eigenvalue weighted by Gasteiger charge is -2.18. The van der Waals surface area contributed by atoms with E-state index in [4.69, 9.17) is 0 Å². The van der Waals surface area contributed by atoms with Crippen molar-refractivity contribution in [2.75, 3.05) is 39.8 Å². The maximum atomic E-state index is 4.31. The molecule has 0 radical (unpaired) electrons. The topological polar surface area (TPSA) is 39.7 Å². The van der Waals surface area contributed by atoms with Crippen LogP contribution in [0.3, 0.4) is 0 Å². The molecule has 0 saturated carbocycles. The molecule has 1 aromatic rings. The Balaban J connectivity index is 2.12. The molecule has 1 rings (SSSR count). The summed E-state index contributed by atoms with van der Waals surface area (Å²) in [5.41, 5.74) is 0. The van der Waals surface area contributed by atoms with Gasteiger partial charge in [0.2, 0.25) is 0 Å². The van der Waals surface area contributed by atoms with Crippen molar-refractivity contribution in [3.63, 3.8) is 0 Å². The second-order valence-corrected chi connectivity index (χ2v) is 7.03. The number of nitrogens with one attached hydrogen (secondary N) is 2. The van der Waals surface area contributed by atoms with Crippen LogP contribution in [0.5, 0.6) is 0 Å². The number of aliphatic imine (C=N–C) groups is 1. The first-order valence-corrected chi connectivity index (χ1v) is 9.76. The van der Waals surface area contributed by atoms with Gasteiger partial charge in [0.05, 0.1) is 0 Å². The van der Waals surface area contributed by atoms with Crippen LogP contribution in [0.15, 0.2) is 22.5 Å². The summed E-state index contributed by atoms with van der Waals surface area (Å²) in [5.74, 6) is 1.53. The van der Waals surface area contributed by atoms with E-state index in [-0.39, 0.29) is 0 Å². The molecule has 1 aromatic heterocycles. The van der Waals surface area contributed by atoms with Gasteiger partial charge in [-0.1, -0.05) is 26.8 Å². The van der Waals surface area contributed by atoms with Crippen molar-refractivity contribution >= 4 is 17.3 Å². The zero-order chi connectivity index (χ0) is 16.9. The van der Waals surface area contributed by atoms with Gasteiger partial charge >= 0.3 is 0 Å². The van der Waals surface area contributed by atoms with Crippen molar-refractivity contribution in [3.05, 3.63) is 22.4 Å². The van der Waals surface area contributed by atoms with Crippen LogP contribution < -0.4 is 10.6 Å². The highest BCUT2D eigenvalue weighted by molar-refractivity contribution is 7.09. The summed E-state index contributed by atoms with van der Waals surface area (Å²) < 4.78 is 0. The van der Waals surface area contributed by atoms with Crippen molar-refractivity contribution < 1.29 is 0 Å². The number of unbranched alkanes of at least 4 members (excludes halogenated alkanes) is 1. The van der Waals surface area contributed by atoms with Gasteiger partial charge in [0, 0.05) is 25.0 Å². The van der Waals surface area contributed by atoms with E-state index in [1.165, 1.54) is 24.3 Å². The molecule has 1 heterocycles. The highest BCUT2D eigenvalue weighted by Gasteiger charge is 2.06. The molecule has 0 amide bonds. The van der Waals surface area contributed by atoms with Crippen LogP contribution in [-0.4, -0.2) is 50.6 Å². The third-order valence-electron chi connectivity index (χ3n) is 4.06. The van der Waals surface area contributed by atoms with Crippen LogP contribution in [0.25, 0.3) is 0 Å². The fourth-order valence-electron chi connectivity index (χ4n) is 2.54. The summed E-state index contributed by atoms with van der Waals surface area (Å²) in [6.07, 6.45) is 3.55. The van der Waals surface area contributed by atoms with E-state index in [1.807, 2.05) is 18.4 Å². The summed E-state index contributed by atoms with van der Waals surface area (Å²) in [6.45, 7) is 12.2. The van der Waals surface area contributed by atoms with Crippen LogP contribution >= 0.6 is 11.3 Å². The molecule has 4 nitrogen and oxygen atoms in total. The quantitative estimate of drug-likeness (QED) is 0.370. The van der Waals surface area contributed by atoms with Gasteiger partial charge in [-0.2, -0.15) is 0 Å². The molecule has 0 spiro atoms. The number of rotatable bonds is 11. The first-order chi connectivity index (χ1) is 11.2. The molecule has 132 valence electrons. The highest BCUT2D eigenvalue weighted by Crippen LogP contribution is 2.13. The minimum Gasteiger partial charge on any atom is -0.356 e. The predicted molar refractivity (Wildman–Crippen MR) is 104 cm³/mol. The maximum Gasteiger partial charge on any atom is 0.190 e. The number of hydrogen-bond donors (Lipinski definition) is 2. The van der Waals surface area contributed by atoms with E-state index in [0.29, 0.717) is 5.92 Å². The lowest BCUT2D eigenvalue weighted by Crippen LogP contribution is -2.40. The molecular weight excluding hydrogens is 304 g/mol. The molecule has 23 heavy (non-hydrogen) atoms. The minimum atomic E-state index is 0.606. The Labute approximate surface area is 146 Å². The maximum absolute atomic E-state index is 4.31. The molecular formula is C18H34N4S. The van der Waals surface area contributed by atoms with Gasteiger partial charge < -0.3 is 15.5 Å². The van der Waals surface area contributed by atoms with Gasteiger partial charge in [0.25, 0.3) is 0 Å². The second kappa shape index (κ2) is 12.4. The first-order valence-electron chi connectivity index (χ1n) is 8.88. The van der Waals surface area contributed by atoms with Crippen molar-refractivity contribution in [2.45, 2.75) is 40.0 Å². The van der Waals surface area contributed by atoms with Crippen molar-refractivity contribution in [1.29, 1.82) is 0 Å². The van der Waals surface area contributed by atoms with Crippen molar-refractivity contribution in [3.8, 4) is 0 Å². The Morgan fingerprint density at radius 2 is 2.04 bits per heavy atom. The molecule has 0 aromatic carbocycles. The highest BCUT2D eigenvalue weighted by atomic mass is 32.1. The third kappa shape index (κ3) is 8.96. The molecule has 0 aliphatic carbocycles. The Morgan fingerprint density at radius 1 is 1.26 bits per heavy atom. The largest absolute Gasteiger partial charge is 0.356 e. The fraction of sp³-hybridized carbons (Fsp3) is 0.722. The van der Waals surface area contributed by atoms with Crippen molar-refractivity contribution in [1.82, 2.24) is 15.5 Å². The van der Waals surface area contributed by atoms with Crippen molar-refractivity contribution in [2.24, 2.45) is 10.9 Å². The summed E-state index contributed by atoms with van der Waals surface area (Å²) in [4.78, 5) is 8.24. The van der Waals surface area contributed by atoms with E-state index >= 15 is 0 Å². The van der Waals surface area contributed by atoms with Crippen LogP contribution in [-0.2, 0) is 6.42 Å². The molecule has 1 atom stereocenters. The Hall–Kier alpha value is -1.07. The van der Waals surface area contributed by atoms with Gasteiger partial charge in [-0.15, -0.1) is 11.3 Å². The molecule has 2 N–H and O–H groups in total. The second-order valence-electron chi connectivity index (χ2n) is 6.00. The predicted octanol–water partition coefficient (Wildman–Crippen LogP) is 3.21. The van der Waals surface area contributed by atoms with E-state index in [0.717, 1.165) is 38.6 Å². The number of hydrogen-bond acceptors (Lipinski definition) is 3. The molecule has 5 heteroatoms. The zero-order valence-corrected chi connectivity index (χ0v) is 16.1. The molecule has 0 aliphatic heterocycles. The summed E-state index contributed by atoms with van der Waals surface area (Å²) in [7, 11) is 1.84. The normalized spacial score (nSPS) is 13.3. The minimum absolute atomic E-state index is 0.606. The molecule has 0 bridgehead atoms. The number of nitrogens with zero attached hydrogens (tertiary/aromatic N) is 2. The van der Waals surface area contributed by atoms with Crippen LogP contribution in [0.1, 0.15) is 38.5 Å². The lowest BCUT2D eigenvalue weighted by molar-refractivity contribution is 0.297. The molecule has 1 unspecified atom stereocenters. The SMILES string of the molecule is CCN(CC)CCCCNC(=NC)NCC(C)Cc1cccs1. The van der Waals surface area contributed by atoms with Gasteiger partial charge in [0.1, 0.15) is 0 Å². The van der Waals surface area contributed by atoms with Gasteiger partial charge in [0.15, 0.2) is 5.96 Å². The first kappa shape index (κ1) is 20.0.